The van der Waals surface area contributed by atoms with Crippen molar-refractivity contribution >= 4 is 59.0 Å². The van der Waals surface area contributed by atoms with Crippen LogP contribution in [-0.4, -0.2) is 38.0 Å². The van der Waals surface area contributed by atoms with E-state index in [1.165, 1.54) is 0 Å². The van der Waals surface area contributed by atoms with E-state index in [9.17, 15) is 4.79 Å². The van der Waals surface area contributed by atoms with Gasteiger partial charge in [0.15, 0.2) is 5.96 Å². The number of hydrogen-bond acceptors (Lipinski definition) is 2. The number of amides is 1. The maximum atomic E-state index is 11.6. The lowest BCUT2D eigenvalue weighted by molar-refractivity contribution is -0.122. The highest BCUT2D eigenvalue weighted by atomic mass is 127. The third-order valence-electron chi connectivity index (χ3n) is 3.70. The number of carbonyl (C=O) groups excluding carboxylic acids is 1. The van der Waals surface area contributed by atoms with Crippen LogP contribution in [0.1, 0.15) is 25.3 Å². The van der Waals surface area contributed by atoms with E-state index >= 15 is 0 Å². The lowest BCUT2D eigenvalue weighted by atomic mass is 10.1. The number of aliphatic imine (C=N–C) groups is 1. The van der Waals surface area contributed by atoms with Crippen molar-refractivity contribution in [3.63, 3.8) is 0 Å². The number of guanidine groups is 1. The van der Waals surface area contributed by atoms with Gasteiger partial charge in [0.05, 0.1) is 0 Å². The highest BCUT2D eigenvalue weighted by Crippen LogP contribution is 2.28. The van der Waals surface area contributed by atoms with E-state index in [4.69, 9.17) is 23.2 Å². The number of hydrogen-bond donors (Lipinski definition) is 3. The summed E-state index contributed by atoms with van der Waals surface area (Å²) in [5.41, 5.74) is 0.914. The van der Waals surface area contributed by atoms with Crippen molar-refractivity contribution in [3.8, 4) is 0 Å². The normalized spacial score (nSPS) is 13.8. The maximum absolute atomic E-state index is 11.6. The van der Waals surface area contributed by atoms with E-state index in [0.717, 1.165) is 30.9 Å². The van der Waals surface area contributed by atoms with E-state index in [-0.39, 0.29) is 35.8 Å². The number of nitrogens with one attached hydrogen (secondary N) is 3. The van der Waals surface area contributed by atoms with Gasteiger partial charge in [-0.2, -0.15) is 0 Å². The molecule has 0 radical (unpaired) electrons. The molecule has 0 saturated heterocycles. The number of benzene rings is 1. The summed E-state index contributed by atoms with van der Waals surface area (Å²) in [6, 6.07) is 5.50. The first-order valence-corrected chi connectivity index (χ1v) is 9.10. The Hall–Kier alpha value is -0.730. The molecule has 1 aliphatic rings. The minimum Gasteiger partial charge on any atom is -0.357 e. The summed E-state index contributed by atoms with van der Waals surface area (Å²) in [5, 5.41) is 10.6. The molecule has 25 heavy (non-hydrogen) atoms. The Morgan fingerprint density at radius 2 is 1.80 bits per heavy atom. The SMILES string of the molecule is CCNC(=NCCc1c(Cl)cccc1Cl)NCCNC(=O)C1CC1.I. The minimum absolute atomic E-state index is 0. The molecular formula is C17H25Cl2IN4O. The van der Waals surface area contributed by atoms with Gasteiger partial charge in [0.25, 0.3) is 0 Å². The summed E-state index contributed by atoms with van der Waals surface area (Å²) in [7, 11) is 0. The molecule has 0 unspecified atom stereocenters. The van der Waals surface area contributed by atoms with Gasteiger partial charge in [-0.25, -0.2) is 0 Å². The van der Waals surface area contributed by atoms with E-state index in [1.54, 1.807) is 0 Å². The van der Waals surface area contributed by atoms with Crippen LogP contribution in [-0.2, 0) is 11.2 Å². The van der Waals surface area contributed by atoms with Crippen LogP contribution >= 0.6 is 47.2 Å². The fourth-order valence-corrected chi connectivity index (χ4v) is 2.84. The molecule has 5 nitrogen and oxygen atoms in total. The molecule has 2 rings (SSSR count). The fraction of sp³-hybridized carbons (Fsp3) is 0.529. The van der Waals surface area contributed by atoms with E-state index in [2.05, 4.69) is 20.9 Å². The Morgan fingerprint density at radius 1 is 1.16 bits per heavy atom. The predicted octanol–water partition coefficient (Wildman–Crippen LogP) is 3.24. The molecule has 1 aliphatic carbocycles. The van der Waals surface area contributed by atoms with Crippen LogP contribution in [0.2, 0.25) is 10.0 Å². The molecular weight excluding hydrogens is 474 g/mol. The van der Waals surface area contributed by atoms with Gasteiger partial charge in [0.1, 0.15) is 0 Å². The lowest BCUT2D eigenvalue weighted by Gasteiger charge is -2.12. The monoisotopic (exact) mass is 498 g/mol. The number of nitrogens with zero attached hydrogens (tertiary/aromatic N) is 1. The molecule has 0 bridgehead atoms. The fourth-order valence-electron chi connectivity index (χ4n) is 2.25. The van der Waals surface area contributed by atoms with Gasteiger partial charge in [0.2, 0.25) is 5.91 Å². The molecule has 0 aromatic heterocycles. The van der Waals surface area contributed by atoms with Crippen molar-refractivity contribution in [1.82, 2.24) is 16.0 Å². The Labute approximate surface area is 176 Å². The summed E-state index contributed by atoms with van der Waals surface area (Å²) in [6.45, 7) is 4.59. The molecule has 1 aromatic carbocycles. The minimum atomic E-state index is 0. The van der Waals surface area contributed by atoms with Gasteiger partial charge in [0, 0.05) is 42.1 Å². The third-order valence-corrected chi connectivity index (χ3v) is 4.41. The zero-order valence-electron chi connectivity index (χ0n) is 14.3. The van der Waals surface area contributed by atoms with Crippen molar-refractivity contribution < 1.29 is 4.79 Å². The second kappa shape index (κ2) is 11.8. The van der Waals surface area contributed by atoms with Crippen LogP contribution in [0.4, 0.5) is 0 Å². The molecule has 1 amide bonds. The topological polar surface area (TPSA) is 65.5 Å². The maximum Gasteiger partial charge on any atom is 0.223 e. The molecule has 1 fully saturated rings. The molecule has 1 saturated carbocycles. The average Bonchev–Trinajstić information content (AvgIpc) is 3.39. The number of carbonyl (C=O) groups is 1. The summed E-state index contributed by atoms with van der Waals surface area (Å²) in [5.74, 6) is 1.13. The van der Waals surface area contributed by atoms with Gasteiger partial charge in [-0.05, 0) is 43.9 Å². The van der Waals surface area contributed by atoms with Crippen LogP contribution in [0.3, 0.4) is 0 Å². The standard InChI is InChI=1S/C17H24Cl2N4O.HI/c1-2-20-17(23-11-10-21-16(24)12-6-7-12)22-9-8-13-14(18)4-3-5-15(13)19;/h3-5,12H,2,6-11H2,1H3,(H,21,24)(H2,20,22,23);1H. The van der Waals surface area contributed by atoms with Gasteiger partial charge in [-0.1, -0.05) is 29.3 Å². The summed E-state index contributed by atoms with van der Waals surface area (Å²) < 4.78 is 0. The van der Waals surface area contributed by atoms with Crippen molar-refractivity contribution in [2.24, 2.45) is 10.9 Å². The molecule has 0 atom stereocenters. The van der Waals surface area contributed by atoms with Crippen molar-refractivity contribution in [3.05, 3.63) is 33.8 Å². The quantitative estimate of drug-likeness (QED) is 0.223. The largest absolute Gasteiger partial charge is 0.357 e. The van der Waals surface area contributed by atoms with Gasteiger partial charge in [-0.3, -0.25) is 9.79 Å². The second-order valence-corrected chi connectivity index (χ2v) is 6.52. The van der Waals surface area contributed by atoms with Crippen LogP contribution in [0.15, 0.2) is 23.2 Å². The Kier molecular flexibility index (Phi) is 10.5. The Balaban J connectivity index is 0.00000312. The number of rotatable bonds is 8. The van der Waals surface area contributed by atoms with E-state index in [1.807, 2.05) is 25.1 Å². The molecule has 8 heteroatoms. The smallest absolute Gasteiger partial charge is 0.223 e. The van der Waals surface area contributed by atoms with Crippen LogP contribution in [0.25, 0.3) is 0 Å². The predicted molar refractivity (Wildman–Crippen MR) is 115 cm³/mol. The Morgan fingerprint density at radius 3 is 2.40 bits per heavy atom. The highest BCUT2D eigenvalue weighted by Gasteiger charge is 2.28. The first-order chi connectivity index (χ1) is 11.6. The van der Waals surface area contributed by atoms with Gasteiger partial charge < -0.3 is 16.0 Å². The van der Waals surface area contributed by atoms with Crippen LogP contribution < -0.4 is 16.0 Å². The molecule has 0 spiro atoms. The van der Waals surface area contributed by atoms with Crippen molar-refractivity contribution in [2.75, 3.05) is 26.2 Å². The summed E-state index contributed by atoms with van der Waals surface area (Å²) in [4.78, 5) is 16.1. The summed E-state index contributed by atoms with van der Waals surface area (Å²) >= 11 is 12.3. The second-order valence-electron chi connectivity index (χ2n) is 5.70. The Bertz CT molecular complexity index is 574. The zero-order chi connectivity index (χ0) is 17.4. The molecule has 140 valence electrons. The third kappa shape index (κ3) is 8.00. The zero-order valence-corrected chi connectivity index (χ0v) is 18.1. The van der Waals surface area contributed by atoms with Crippen molar-refractivity contribution in [1.29, 1.82) is 0 Å². The molecule has 0 aliphatic heterocycles. The van der Waals surface area contributed by atoms with E-state index in [0.29, 0.717) is 36.1 Å². The number of halogens is 3. The van der Waals surface area contributed by atoms with Crippen molar-refractivity contribution in [2.45, 2.75) is 26.2 Å². The van der Waals surface area contributed by atoms with Gasteiger partial charge in [-0.15, -0.1) is 24.0 Å². The first kappa shape index (κ1) is 22.3. The van der Waals surface area contributed by atoms with Crippen LogP contribution in [0, 0.1) is 5.92 Å². The lowest BCUT2D eigenvalue weighted by Crippen LogP contribution is -2.41. The van der Waals surface area contributed by atoms with E-state index < -0.39 is 0 Å². The molecule has 3 N–H and O–H groups in total. The molecule has 0 heterocycles. The molecule has 1 aromatic rings. The average molecular weight is 499 g/mol. The van der Waals surface area contributed by atoms with Gasteiger partial charge >= 0.3 is 0 Å². The highest BCUT2D eigenvalue weighted by molar-refractivity contribution is 14.0. The summed E-state index contributed by atoms with van der Waals surface area (Å²) in [6.07, 6.45) is 2.72. The van der Waals surface area contributed by atoms with Crippen LogP contribution in [0.5, 0.6) is 0 Å². The first-order valence-electron chi connectivity index (χ1n) is 8.34.